The van der Waals surface area contributed by atoms with Crippen LogP contribution in [0.15, 0.2) is 48.5 Å². The molecule has 104 valence electrons. The first-order chi connectivity index (χ1) is 9.35. The first kappa shape index (κ1) is 14.1. The summed E-state index contributed by atoms with van der Waals surface area (Å²) >= 11 is 0. The zero-order chi connectivity index (χ0) is 14.8. The van der Waals surface area contributed by atoms with Gasteiger partial charge in [-0.05, 0) is 22.4 Å². The minimum Gasteiger partial charge on any atom is -0.326 e. The summed E-state index contributed by atoms with van der Waals surface area (Å²) in [6.07, 6.45) is -4.40. The standard InChI is InChI=1S/C15H12F3NO/c1-10(20)19-14(9-15(16,17)18)13-7-6-11-4-2-3-5-12(11)8-13/h2-9H,1H3,(H,19,20)/b14-9+. The highest BCUT2D eigenvalue weighted by Crippen LogP contribution is 2.25. The van der Waals surface area contributed by atoms with Crippen molar-refractivity contribution in [2.75, 3.05) is 0 Å². The van der Waals surface area contributed by atoms with Gasteiger partial charge in [-0.3, -0.25) is 4.79 Å². The summed E-state index contributed by atoms with van der Waals surface area (Å²) in [4.78, 5) is 11.1. The van der Waals surface area contributed by atoms with Crippen molar-refractivity contribution < 1.29 is 18.0 Å². The molecule has 0 radical (unpaired) electrons. The molecule has 0 aliphatic carbocycles. The van der Waals surface area contributed by atoms with Crippen LogP contribution in [0.2, 0.25) is 0 Å². The molecule has 2 rings (SSSR count). The molecule has 0 aliphatic heterocycles. The normalized spacial score (nSPS) is 12.5. The molecular weight excluding hydrogens is 267 g/mol. The summed E-state index contributed by atoms with van der Waals surface area (Å²) in [7, 11) is 0. The smallest absolute Gasteiger partial charge is 0.326 e. The molecule has 0 atom stereocenters. The monoisotopic (exact) mass is 279 g/mol. The minimum atomic E-state index is -4.50. The van der Waals surface area contributed by atoms with E-state index >= 15 is 0 Å². The van der Waals surface area contributed by atoms with E-state index in [2.05, 4.69) is 5.32 Å². The molecule has 0 saturated carbocycles. The Morgan fingerprint density at radius 2 is 1.75 bits per heavy atom. The van der Waals surface area contributed by atoms with E-state index in [1.54, 1.807) is 30.3 Å². The Kier molecular flexibility index (Phi) is 3.79. The molecule has 1 N–H and O–H groups in total. The molecule has 0 saturated heterocycles. The zero-order valence-electron chi connectivity index (χ0n) is 10.7. The Hall–Kier alpha value is -2.30. The second kappa shape index (κ2) is 5.36. The van der Waals surface area contributed by atoms with E-state index < -0.39 is 12.1 Å². The molecule has 1 amide bonds. The average molecular weight is 279 g/mol. The molecule has 5 heteroatoms. The third-order valence-electron chi connectivity index (χ3n) is 2.68. The highest BCUT2D eigenvalue weighted by Gasteiger charge is 2.25. The lowest BCUT2D eigenvalue weighted by Crippen LogP contribution is -2.20. The number of hydrogen-bond acceptors (Lipinski definition) is 1. The van der Waals surface area contributed by atoms with Gasteiger partial charge >= 0.3 is 6.18 Å². The number of rotatable bonds is 2. The van der Waals surface area contributed by atoms with Gasteiger partial charge in [0.2, 0.25) is 5.91 Å². The summed E-state index contributed by atoms with van der Waals surface area (Å²) in [5, 5.41) is 3.95. The van der Waals surface area contributed by atoms with E-state index in [1.165, 1.54) is 6.92 Å². The molecule has 0 unspecified atom stereocenters. The fraction of sp³-hybridized carbons (Fsp3) is 0.133. The van der Waals surface area contributed by atoms with Crippen LogP contribution in [0.1, 0.15) is 12.5 Å². The number of benzene rings is 2. The van der Waals surface area contributed by atoms with Crippen LogP contribution in [-0.2, 0) is 4.79 Å². The van der Waals surface area contributed by atoms with Crippen molar-refractivity contribution >= 4 is 22.4 Å². The van der Waals surface area contributed by atoms with Gasteiger partial charge in [0.25, 0.3) is 0 Å². The predicted molar refractivity (Wildman–Crippen MR) is 71.8 cm³/mol. The Balaban J connectivity index is 2.50. The van der Waals surface area contributed by atoms with Crippen molar-refractivity contribution in [3.63, 3.8) is 0 Å². The van der Waals surface area contributed by atoms with Crippen LogP contribution < -0.4 is 5.32 Å². The molecule has 2 nitrogen and oxygen atoms in total. The largest absolute Gasteiger partial charge is 0.411 e. The molecule has 2 aromatic carbocycles. The maximum absolute atomic E-state index is 12.5. The lowest BCUT2D eigenvalue weighted by molar-refractivity contribution is -0.117. The maximum atomic E-state index is 12.5. The van der Waals surface area contributed by atoms with Crippen molar-refractivity contribution in [1.82, 2.24) is 5.32 Å². The van der Waals surface area contributed by atoms with Crippen molar-refractivity contribution in [2.45, 2.75) is 13.1 Å². The van der Waals surface area contributed by atoms with E-state index in [0.717, 1.165) is 10.8 Å². The summed E-state index contributed by atoms with van der Waals surface area (Å²) < 4.78 is 37.6. The number of carbonyl (C=O) groups excluding carboxylic acids is 1. The van der Waals surface area contributed by atoms with E-state index in [0.29, 0.717) is 5.56 Å². The van der Waals surface area contributed by atoms with Gasteiger partial charge in [-0.15, -0.1) is 0 Å². The Morgan fingerprint density at radius 1 is 1.10 bits per heavy atom. The summed E-state index contributed by atoms with van der Waals surface area (Å²) in [6, 6.07) is 12.2. The van der Waals surface area contributed by atoms with Crippen LogP contribution in [0.25, 0.3) is 16.5 Å². The van der Waals surface area contributed by atoms with E-state index in [-0.39, 0.29) is 11.8 Å². The van der Waals surface area contributed by atoms with Crippen LogP contribution in [-0.4, -0.2) is 12.1 Å². The number of allylic oxidation sites excluding steroid dienone is 1. The van der Waals surface area contributed by atoms with Gasteiger partial charge in [0, 0.05) is 13.0 Å². The van der Waals surface area contributed by atoms with Crippen LogP contribution in [0.3, 0.4) is 0 Å². The lowest BCUT2D eigenvalue weighted by atomic mass is 10.0. The highest BCUT2D eigenvalue weighted by atomic mass is 19.4. The quantitative estimate of drug-likeness (QED) is 0.888. The predicted octanol–water partition coefficient (Wildman–Crippen LogP) is 3.88. The third kappa shape index (κ3) is 3.60. The van der Waals surface area contributed by atoms with Gasteiger partial charge < -0.3 is 5.32 Å². The number of nitrogens with one attached hydrogen (secondary N) is 1. The second-order valence-electron chi connectivity index (χ2n) is 4.34. The van der Waals surface area contributed by atoms with Crippen LogP contribution in [0.5, 0.6) is 0 Å². The van der Waals surface area contributed by atoms with Crippen LogP contribution >= 0.6 is 0 Å². The molecule has 0 aromatic heterocycles. The molecule has 0 heterocycles. The lowest BCUT2D eigenvalue weighted by Gasteiger charge is -2.11. The number of halogens is 3. The van der Waals surface area contributed by atoms with Gasteiger partial charge in [0.15, 0.2) is 0 Å². The molecular formula is C15H12F3NO. The number of fused-ring (bicyclic) bond motifs is 1. The first-order valence-corrected chi connectivity index (χ1v) is 5.91. The SMILES string of the molecule is CC(=O)N/C(=C/C(F)(F)F)c1ccc2ccccc2c1. The summed E-state index contributed by atoms with van der Waals surface area (Å²) in [5.74, 6) is -0.548. The van der Waals surface area contributed by atoms with Crippen molar-refractivity contribution in [1.29, 1.82) is 0 Å². The van der Waals surface area contributed by atoms with Gasteiger partial charge in [-0.1, -0.05) is 36.4 Å². The van der Waals surface area contributed by atoms with Gasteiger partial charge in [-0.25, -0.2) is 0 Å². The van der Waals surface area contributed by atoms with Crippen LogP contribution in [0, 0.1) is 0 Å². The fourth-order valence-corrected chi connectivity index (χ4v) is 1.90. The van der Waals surface area contributed by atoms with E-state index in [1.807, 2.05) is 12.1 Å². The molecule has 20 heavy (non-hydrogen) atoms. The Morgan fingerprint density at radius 3 is 2.35 bits per heavy atom. The molecule has 0 bridgehead atoms. The molecule has 0 spiro atoms. The molecule has 0 fully saturated rings. The number of alkyl halides is 3. The van der Waals surface area contributed by atoms with Gasteiger partial charge in [0.1, 0.15) is 0 Å². The molecule has 0 aliphatic rings. The second-order valence-corrected chi connectivity index (χ2v) is 4.34. The number of amides is 1. The Labute approximate surface area is 113 Å². The summed E-state index contributed by atoms with van der Waals surface area (Å²) in [6.45, 7) is 1.17. The van der Waals surface area contributed by atoms with Crippen LogP contribution in [0.4, 0.5) is 13.2 Å². The first-order valence-electron chi connectivity index (χ1n) is 5.91. The Bertz CT molecular complexity index is 674. The van der Waals surface area contributed by atoms with E-state index in [9.17, 15) is 18.0 Å². The summed E-state index contributed by atoms with van der Waals surface area (Å²) in [5.41, 5.74) is 0.0620. The van der Waals surface area contributed by atoms with Crippen molar-refractivity contribution in [3.8, 4) is 0 Å². The minimum absolute atomic E-state index is 0.0957. The zero-order valence-corrected chi connectivity index (χ0v) is 10.7. The van der Waals surface area contributed by atoms with E-state index in [4.69, 9.17) is 0 Å². The average Bonchev–Trinajstić information content (AvgIpc) is 2.35. The van der Waals surface area contributed by atoms with Crippen molar-refractivity contribution in [2.24, 2.45) is 0 Å². The van der Waals surface area contributed by atoms with Gasteiger partial charge in [0.05, 0.1) is 5.70 Å². The number of carbonyl (C=O) groups is 1. The third-order valence-corrected chi connectivity index (χ3v) is 2.68. The molecule has 2 aromatic rings. The number of hydrogen-bond donors (Lipinski definition) is 1. The maximum Gasteiger partial charge on any atom is 0.411 e. The highest BCUT2D eigenvalue weighted by molar-refractivity contribution is 5.90. The van der Waals surface area contributed by atoms with Gasteiger partial charge in [-0.2, -0.15) is 13.2 Å². The fourth-order valence-electron chi connectivity index (χ4n) is 1.90. The topological polar surface area (TPSA) is 29.1 Å². The van der Waals surface area contributed by atoms with Crippen molar-refractivity contribution in [3.05, 3.63) is 54.1 Å².